The molecule has 1 amide bonds. The summed E-state index contributed by atoms with van der Waals surface area (Å²) in [5.74, 6) is -0.827. The zero-order valence-corrected chi connectivity index (χ0v) is 12.4. The predicted molar refractivity (Wildman–Crippen MR) is 81.6 cm³/mol. The first-order valence-electron chi connectivity index (χ1n) is 6.21. The number of carbonyl (C=O) groups is 1. The minimum Gasteiger partial charge on any atom is -0.408 e. The summed E-state index contributed by atoms with van der Waals surface area (Å²) in [5, 5.41) is 5.19. The molecule has 0 saturated heterocycles. The van der Waals surface area contributed by atoms with Crippen LogP contribution in [0, 0.1) is 0 Å². The Morgan fingerprint density at radius 3 is 3.00 bits per heavy atom. The van der Waals surface area contributed by atoms with Crippen molar-refractivity contribution in [1.82, 2.24) is 9.88 Å². The molecular weight excluding hydrogens is 312 g/mol. The second-order valence-corrected chi connectivity index (χ2v) is 5.89. The number of halogens is 1. The van der Waals surface area contributed by atoms with Crippen molar-refractivity contribution in [2.75, 3.05) is 0 Å². The summed E-state index contributed by atoms with van der Waals surface area (Å²) < 4.78 is 6.34. The first-order valence-corrected chi connectivity index (χ1v) is 7.47. The van der Waals surface area contributed by atoms with Gasteiger partial charge in [-0.15, -0.1) is 11.3 Å². The van der Waals surface area contributed by atoms with Crippen LogP contribution in [0.25, 0.3) is 11.1 Å². The Kier molecular flexibility index (Phi) is 3.81. The molecule has 2 aromatic heterocycles. The van der Waals surface area contributed by atoms with Crippen molar-refractivity contribution in [3.63, 3.8) is 0 Å². The minimum atomic E-state index is -0.571. The van der Waals surface area contributed by atoms with Gasteiger partial charge in [0.15, 0.2) is 5.58 Å². The molecular formula is C14H11ClN2O3S. The van der Waals surface area contributed by atoms with Crippen LogP contribution >= 0.6 is 22.9 Å². The van der Waals surface area contributed by atoms with Crippen LogP contribution < -0.4 is 11.1 Å². The summed E-state index contributed by atoms with van der Waals surface area (Å²) in [5.41, 5.74) is 0.925. The van der Waals surface area contributed by atoms with Crippen LogP contribution in [0.15, 0.2) is 44.9 Å². The number of nitrogens with one attached hydrogen (secondary N) is 1. The topological polar surface area (TPSA) is 64.2 Å². The van der Waals surface area contributed by atoms with Crippen molar-refractivity contribution in [3.05, 3.63) is 56.2 Å². The molecule has 0 bridgehead atoms. The van der Waals surface area contributed by atoms with Crippen LogP contribution in [-0.4, -0.2) is 10.5 Å². The van der Waals surface area contributed by atoms with Crippen LogP contribution in [0.4, 0.5) is 0 Å². The SMILES string of the molecule is O=C(Cn1c(=O)oc2ccc(Cl)cc21)NCc1cccs1. The van der Waals surface area contributed by atoms with E-state index in [1.807, 2.05) is 17.5 Å². The van der Waals surface area contributed by atoms with Crippen molar-refractivity contribution in [3.8, 4) is 0 Å². The summed E-state index contributed by atoms with van der Waals surface area (Å²) in [7, 11) is 0. The molecule has 3 aromatic rings. The van der Waals surface area contributed by atoms with Crippen molar-refractivity contribution in [2.24, 2.45) is 0 Å². The molecule has 5 nitrogen and oxygen atoms in total. The highest BCUT2D eigenvalue weighted by molar-refractivity contribution is 7.09. The number of amides is 1. The standard InChI is InChI=1S/C14H11ClN2O3S/c15-9-3-4-12-11(6-9)17(14(19)20-12)8-13(18)16-7-10-2-1-5-21-10/h1-6H,7-8H2,(H,16,18). The maximum Gasteiger partial charge on any atom is 0.420 e. The van der Waals surface area contributed by atoms with Gasteiger partial charge in [0.2, 0.25) is 5.91 Å². The molecule has 3 rings (SSSR count). The van der Waals surface area contributed by atoms with Gasteiger partial charge in [0, 0.05) is 9.90 Å². The Morgan fingerprint density at radius 2 is 2.24 bits per heavy atom. The van der Waals surface area contributed by atoms with Gasteiger partial charge in [-0.1, -0.05) is 17.7 Å². The molecule has 0 unspecified atom stereocenters. The molecule has 0 aliphatic carbocycles. The first-order chi connectivity index (χ1) is 10.1. The summed E-state index contributed by atoms with van der Waals surface area (Å²) >= 11 is 7.47. The fourth-order valence-electron chi connectivity index (χ4n) is 1.98. The molecule has 21 heavy (non-hydrogen) atoms. The first kappa shape index (κ1) is 13.9. The van der Waals surface area contributed by atoms with E-state index in [1.54, 1.807) is 29.5 Å². The molecule has 108 valence electrons. The lowest BCUT2D eigenvalue weighted by atomic mass is 10.3. The van der Waals surface area contributed by atoms with Gasteiger partial charge in [-0.25, -0.2) is 4.79 Å². The highest BCUT2D eigenvalue weighted by Gasteiger charge is 2.13. The number of nitrogens with zero attached hydrogens (tertiary/aromatic N) is 1. The van der Waals surface area contributed by atoms with E-state index in [1.165, 1.54) is 4.57 Å². The third-order valence-corrected chi connectivity index (χ3v) is 4.08. The van der Waals surface area contributed by atoms with E-state index < -0.39 is 5.76 Å². The van der Waals surface area contributed by atoms with Crippen LogP contribution in [0.5, 0.6) is 0 Å². The molecule has 0 radical (unpaired) electrons. The van der Waals surface area contributed by atoms with Gasteiger partial charge in [-0.2, -0.15) is 0 Å². The van der Waals surface area contributed by atoms with Gasteiger partial charge in [0.05, 0.1) is 12.1 Å². The van der Waals surface area contributed by atoms with E-state index in [0.29, 0.717) is 22.7 Å². The monoisotopic (exact) mass is 322 g/mol. The van der Waals surface area contributed by atoms with Crippen LogP contribution in [0.1, 0.15) is 4.88 Å². The second kappa shape index (κ2) is 5.75. The molecule has 0 spiro atoms. The molecule has 1 N–H and O–H groups in total. The lowest BCUT2D eigenvalue weighted by Gasteiger charge is -2.04. The number of hydrogen-bond acceptors (Lipinski definition) is 4. The van der Waals surface area contributed by atoms with Crippen molar-refractivity contribution >= 4 is 39.9 Å². The average molecular weight is 323 g/mol. The number of rotatable bonds is 4. The number of aromatic nitrogens is 1. The van der Waals surface area contributed by atoms with Gasteiger partial charge in [-0.3, -0.25) is 9.36 Å². The normalized spacial score (nSPS) is 10.9. The lowest BCUT2D eigenvalue weighted by molar-refractivity contribution is -0.121. The summed E-state index contributed by atoms with van der Waals surface area (Å²) in [4.78, 5) is 24.8. The van der Waals surface area contributed by atoms with E-state index in [9.17, 15) is 9.59 Å². The summed E-state index contributed by atoms with van der Waals surface area (Å²) in [6.45, 7) is 0.347. The Hall–Kier alpha value is -2.05. The van der Waals surface area contributed by atoms with E-state index in [4.69, 9.17) is 16.0 Å². The van der Waals surface area contributed by atoms with Gasteiger partial charge >= 0.3 is 5.76 Å². The summed E-state index contributed by atoms with van der Waals surface area (Å²) in [6, 6.07) is 8.70. The summed E-state index contributed by atoms with van der Waals surface area (Å²) in [6.07, 6.45) is 0. The minimum absolute atomic E-state index is 0.0997. The van der Waals surface area contributed by atoms with Gasteiger partial charge in [0.1, 0.15) is 6.54 Å². The zero-order valence-electron chi connectivity index (χ0n) is 10.8. The number of hydrogen-bond donors (Lipinski definition) is 1. The lowest BCUT2D eigenvalue weighted by Crippen LogP contribution is -2.30. The van der Waals surface area contributed by atoms with Gasteiger partial charge in [-0.05, 0) is 29.6 Å². The fourth-order valence-corrected chi connectivity index (χ4v) is 2.79. The average Bonchev–Trinajstić information content (AvgIpc) is 3.06. The van der Waals surface area contributed by atoms with E-state index >= 15 is 0 Å². The number of oxazole rings is 1. The zero-order chi connectivity index (χ0) is 14.8. The predicted octanol–water partition coefficient (Wildman–Crippen LogP) is 2.63. The highest BCUT2D eigenvalue weighted by Crippen LogP contribution is 2.18. The van der Waals surface area contributed by atoms with Crippen LogP contribution in [0.2, 0.25) is 5.02 Å². The molecule has 2 heterocycles. The molecule has 0 fully saturated rings. The van der Waals surface area contributed by atoms with Crippen LogP contribution in [0.3, 0.4) is 0 Å². The molecule has 0 aliphatic rings. The van der Waals surface area contributed by atoms with E-state index in [0.717, 1.165) is 4.88 Å². The molecule has 7 heteroatoms. The largest absolute Gasteiger partial charge is 0.420 e. The number of fused-ring (bicyclic) bond motifs is 1. The second-order valence-electron chi connectivity index (χ2n) is 4.42. The molecule has 0 saturated carbocycles. The van der Waals surface area contributed by atoms with Crippen molar-refractivity contribution < 1.29 is 9.21 Å². The number of carbonyl (C=O) groups excluding carboxylic acids is 1. The Balaban J connectivity index is 1.78. The van der Waals surface area contributed by atoms with Gasteiger partial charge in [0.25, 0.3) is 0 Å². The smallest absolute Gasteiger partial charge is 0.408 e. The number of thiophene rings is 1. The Morgan fingerprint density at radius 1 is 1.38 bits per heavy atom. The van der Waals surface area contributed by atoms with Crippen LogP contribution in [-0.2, 0) is 17.9 Å². The quantitative estimate of drug-likeness (QED) is 0.803. The number of benzene rings is 1. The third-order valence-electron chi connectivity index (χ3n) is 2.97. The molecule has 0 aliphatic heterocycles. The fraction of sp³-hybridized carbons (Fsp3) is 0.143. The van der Waals surface area contributed by atoms with E-state index in [2.05, 4.69) is 5.32 Å². The maximum absolute atomic E-state index is 11.9. The highest BCUT2D eigenvalue weighted by atomic mass is 35.5. The molecule has 0 atom stereocenters. The Labute approximate surface area is 128 Å². The third kappa shape index (κ3) is 3.01. The van der Waals surface area contributed by atoms with E-state index in [-0.39, 0.29) is 12.5 Å². The van der Waals surface area contributed by atoms with Crippen molar-refractivity contribution in [2.45, 2.75) is 13.1 Å². The molecule has 1 aromatic carbocycles. The van der Waals surface area contributed by atoms with Gasteiger partial charge < -0.3 is 9.73 Å². The maximum atomic E-state index is 11.9. The van der Waals surface area contributed by atoms with Crippen molar-refractivity contribution in [1.29, 1.82) is 0 Å². The Bertz CT molecular complexity index is 836.